The normalized spacial score (nSPS) is 16.4. The van der Waals surface area contributed by atoms with E-state index in [2.05, 4.69) is 0 Å². The fourth-order valence-electron chi connectivity index (χ4n) is 4.19. The van der Waals surface area contributed by atoms with Crippen LogP contribution in [-0.4, -0.2) is 63.1 Å². The van der Waals surface area contributed by atoms with E-state index in [1.807, 2.05) is 51.1 Å². The van der Waals surface area contributed by atoms with Gasteiger partial charge in [-0.2, -0.15) is 0 Å². The first kappa shape index (κ1) is 26.0. The Morgan fingerprint density at radius 1 is 1.15 bits per heavy atom. The number of likely N-dealkylation sites (tertiary alicyclic amines) is 1. The Kier molecular flexibility index (Phi) is 8.21. The number of rotatable bonds is 7. The molecule has 1 N–H and O–H groups in total. The second kappa shape index (κ2) is 10.7. The third-order valence-electron chi connectivity index (χ3n) is 6.76. The number of hydrogen-bond acceptors (Lipinski definition) is 4. The van der Waals surface area contributed by atoms with E-state index in [1.54, 1.807) is 16.8 Å². The third-order valence-corrected chi connectivity index (χ3v) is 7.07. The van der Waals surface area contributed by atoms with Crippen molar-refractivity contribution in [3.63, 3.8) is 0 Å². The van der Waals surface area contributed by atoms with Gasteiger partial charge >= 0.3 is 0 Å². The Morgan fingerprint density at radius 2 is 1.76 bits per heavy atom. The number of amides is 2. The summed E-state index contributed by atoms with van der Waals surface area (Å²) in [6.45, 7) is 6.69. The molecule has 0 aliphatic carbocycles. The molecule has 1 aromatic heterocycles. The summed E-state index contributed by atoms with van der Waals surface area (Å²) in [5, 5.41) is 11.3. The first-order chi connectivity index (χ1) is 16.0. The fourth-order valence-corrected chi connectivity index (χ4v) is 4.42. The van der Waals surface area contributed by atoms with Crippen molar-refractivity contribution in [3.05, 3.63) is 69.1 Å². The molecule has 0 saturated carbocycles. The van der Waals surface area contributed by atoms with Crippen LogP contribution < -0.4 is 5.56 Å². The first-order valence-corrected chi connectivity index (χ1v) is 12.1. The molecule has 1 aromatic carbocycles. The van der Waals surface area contributed by atoms with Crippen LogP contribution in [0.4, 0.5) is 0 Å². The van der Waals surface area contributed by atoms with Crippen molar-refractivity contribution in [2.24, 2.45) is 0 Å². The predicted molar refractivity (Wildman–Crippen MR) is 133 cm³/mol. The number of carbonyl (C=O) groups is 2. The van der Waals surface area contributed by atoms with Gasteiger partial charge < -0.3 is 19.5 Å². The molecule has 0 bridgehead atoms. The third kappa shape index (κ3) is 6.07. The van der Waals surface area contributed by atoms with E-state index in [0.717, 1.165) is 5.56 Å². The van der Waals surface area contributed by atoms with Gasteiger partial charge in [0.1, 0.15) is 0 Å². The maximum atomic E-state index is 12.8. The summed E-state index contributed by atoms with van der Waals surface area (Å²) in [6.07, 6.45) is 2.54. The van der Waals surface area contributed by atoms with Gasteiger partial charge in [-0.3, -0.25) is 14.4 Å². The van der Waals surface area contributed by atoms with Crippen molar-refractivity contribution < 1.29 is 14.7 Å². The van der Waals surface area contributed by atoms with Gasteiger partial charge in [0.2, 0.25) is 5.91 Å². The first-order valence-electron chi connectivity index (χ1n) is 11.7. The van der Waals surface area contributed by atoms with E-state index >= 15 is 0 Å². The van der Waals surface area contributed by atoms with E-state index < -0.39 is 5.60 Å². The van der Waals surface area contributed by atoms with Gasteiger partial charge in [-0.15, -0.1) is 0 Å². The van der Waals surface area contributed by atoms with Gasteiger partial charge in [-0.1, -0.05) is 48.9 Å². The minimum atomic E-state index is -1.15. The Hall–Kier alpha value is -2.64. The molecule has 7 nitrogen and oxygen atoms in total. The second-order valence-corrected chi connectivity index (χ2v) is 10.0. The van der Waals surface area contributed by atoms with Crippen molar-refractivity contribution >= 4 is 23.4 Å². The van der Waals surface area contributed by atoms with Crippen molar-refractivity contribution in [1.82, 2.24) is 14.4 Å². The zero-order valence-corrected chi connectivity index (χ0v) is 21.1. The quantitative estimate of drug-likeness (QED) is 0.647. The van der Waals surface area contributed by atoms with Crippen LogP contribution in [0.1, 0.15) is 61.9 Å². The van der Waals surface area contributed by atoms with Gasteiger partial charge in [-0.25, -0.2) is 0 Å². The monoisotopic (exact) mass is 487 g/mol. The average molecular weight is 488 g/mol. The van der Waals surface area contributed by atoms with Crippen LogP contribution in [0.2, 0.25) is 5.02 Å². The molecule has 8 heteroatoms. The van der Waals surface area contributed by atoms with Crippen molar-refractivity contribution in [2.75, 3.05) is 20.1 Å². The topological polar surface area (TPSA) is 82.8 Å². The molecule has 1 aliphatic heterocycles. The fraction of sp³-hybridized carbons (Fsp3) is 0.500. The largest absolute Gasteiger partial charge is 0.388 e. The Bertz CT molecular complexity index is 1080. The molecule has 2 amide bonds. The predicted octanol–water partition coefficient (Wildman–Crippen LogP) is 3.53. The highest BCUT2D eigenvalue weighted by molar-refractivity contribution is 6.33. The molecular weight excluding hydrogens is 454 g/mol. The minimum Gasteiger partial charge on any atom is -0.388 e. The van der Waals surface area contributed by atoms with Gasteiger partial charge in [0.15, 0.2) is 0 Å². The van der Waals surface area contributed by atoms with Crippen molar-refractivity contribution in [2.45, 2.75) is 64.1 Å². The molecule has 184 valence electrons. The number of benzene rings is 1. The lowest BCUT2D eigenvalue weighted by Gasteiger charge is -2.39. The number of piperidine rings is 1. The van der Waals surface area contributed by atoms with Gasteiger partial charge in [0.25, 0.3) is 11.5 Å². The van der Waals surface area contributed by atoms with Crippen molar-refractivity contribution in [3.8, 4) is 0 Å². The zero-order chi connectivity index (χ0) is 25.0. The average Bonchev–Trinajstić information content (AvgIpc) is 2.80. The minimum absolute atomic E-state index is 0.0281. The SMILES string of the molecule is CC(C)N(C)C(=O)c1cn(CC2(O)CCN(C(=O)C[C@@H](C)c3ccccc3)CC2)c(=O)cc1Cl. The van der Waals surface area contributed by atoms with Crippen LogP contribution in [0, 0.1) is 0 Å². The molecule has 0 spiro atoms. The zero-order valence-electron chi connectivity index (χ0n) is 20.3. The standard InChI is InChI=1S/C26H34ClN3O4/c1-18(2)28(4)25(33)21-16-30(24(32)15-22(21)27)17-26(34)10-12-29(13-11-26)23(31)14-19(3)20-8-6-5-7-9-20/h5-9,15-16,18-19,34H,10-14,17H2,1-4H3/t19-/m1/s1. The maximum absolute atomic E-state index is 12.8. The molecule has 1 aliphatic rings. The van der Waals surface area contributed by atoms with Crippen LogP contribution in [-0.2, 0) is 11.3 Å². The summed E-state index contributed by atoms with van der Waals surface area (Å²) in [4.78, 5) is 41.5. The van der Waals surface area contributed by atoms with Crippen LogP contribution in [0.25, 0.3) is 0 Å². The number of pyridine rings is 1. The van der Waals surface area contributed by atoms with Gasteiger partial charge in [0, 0.05) is 44.9 Å². The Labute approximate surface area is 205 Å². The van der Waals surface area contributed by atoms with E-state index in [1.165, 1.54) is 16.8 Å². The lowest BCUT2D eigenvalue weighted by Crippen LogP contribution is -2.49. The molecule has 2 heterocycles. The summed E-state index contributed by atoms with van der Waals surface area (Å²) in [6, 6.07) is 11.1. The highest BCUT2D eigenvalue weighted by Crippen LogP contribution is 2.27. The smallest absolute Gasteiger partial charge is 0.256 e. The molecule has 1 saturated heterocycles. The number of aromatic nitrogens is 1. The van der Waals surface area contributed by atoms with E-state index in [9.17, 15) is 19.5 Å². The van der Waals surface area contributed by atoms with Crippen LogP contribution in [0.5, 0.6) is 0 Å². The summed E-state index contributed by atoms with van der Waals surface area (Å²) >= 11 is 6.19. The lowest BCUT2D eigenvalue weighted by atomic mass is 9.90. The molecule has 34 heavy (non-hydrogen) atoms. The molecule has 1 atom stereocenters. The van der Waals surface area contributed by atoms with Crippen molar-refractivity contribution in [1.29, 1.82) is 0 Å². The van der Waals surface area contributed by atoms with Crippen LogP contribution in [0.3, 0.4) is 0 Å². The molecule has 2 aromatic rings. The summed E-state index contributed by atoms with van der Waals surface area (Å²) in [5.74, 6) is -0.109. The molecule has 3 rings (SSSR count). The Morgan fingerprint density at radius 3 is 2.35 bits per heavy atom. The van der Waals surface area contributed by atoms with Crippen LogP contribution in [0.15, 0.2) is 47.4 Å². The highest BCUT2D eigenvalue weighted by Gasteiger charge is 2.35. The van der Waals surface area contributed by atoms with E-state index in [0.29, 0.717) is 32.4 Å². The molecule has 0 radical (unpaired) electrons. The number of carbonyl (C=O) groups excluding carboxylic acids is 2. The van der Waals surface area contributed by atoms with Crippen LogP contribution >= 0.6 is 11.6 Å². The molecule has 1 fully saturated rings. The molecule has 0 unspecified atom stereocenters. The van der Waals surface area contributed by atoms with E-state index in [-0.39, 0.29) is 46.5 Å². The number of aliphatic hydroxyl groups is 1. The second-order valence-electron chi connectivity index (χ2n) is 9.63. The van der Waals surface area contributed by atoms with E-state index in [4.69, 9.17) is 11.6 Å². The summed E-state index contributed by atoms with van der Waals surface area (Å²) < 4.78 is 1.35. The summed E-state index contributed by atoms with van der Waals surface area (Å²) in [7, 11) is 1.68. The number of halogens is 1. The number of nitrogens with zero attached hydrogens (tertiary/aromatic N) is 3. The maximum Gasteiger partial charge on any atom is 0.256 e. The van der Waals surface area contributed by atoms with Gasteiger partial charge in [-0.05, 0) is 38.2 Å². The Balaban J connectivity index is 1.65. The number of hydrogen-bond donors (Lipinski definition) is 1. The molecular formula is C26H34ClN3O4. The van der Waals surface area contributed by atoms with Gasteiger partial charge in [0.05, 0.1) is 22.7 Å². The summed E-state index contributed by atoms with van der Waals surface area (Å²) in [5.41, 5.74) is -0.176. The highest BCUT2D eigenvalue weighted by atomic mass is 35.5. The lowest BCUT2D eigenvalue weighted by molar-refractivity contribution is -0.136.